The summed E-state index contributed by atoms with van der Waals surface area (Å²) >= 11 is 0. The molecule has 0 aliphatic carbocycles. The highest BCUT2D eigenvalue weighted by Gasteiger charge is 2.34. The number of nitrogens with one attached hydrogen (secondary N) is 1. The van der Waals surface area contributed by atoms with Crippen molar-refractivity contribution in [3.63, 3.8) is 0 Å². The SMILES string of the molecule is C=CCNC(=O)COC(=O)C=Cc1cc(OC)c(OC)c(S(=O)(=O)N2CCc3ccccc32)c1. The van der Waals surface area contributed by atoms with Crippen molar-refractivity contribution in [3.8, 4) is 11.5 Å². The highest BCUT2D eigenvalue weighted by atomic mass is 32.2. The summed E-state index contributed by atoms with van der Waals surface area (Å²) in [5.74, 6) is -0.980. The van der Waals surface area contributed by atoms with Crippen LogP contribution in [0.25, 0.3) is 6.08 Å². The van der Waals surface area contributed by atoms with E-state index in [4.69, 9.17) is 14.2 Å². The number of fused-ring (bicyclic) bond motifs is 1. The van der Waals surface area contributed by atoms with Crippen LogP contribution in [0, 0.1) is 0 Å². The zero-order valence-corrected chi connectivity index (χ0v) is 19.8. The molecule has 0 saturated heterocycles. The van der Waals surface area contributed by atoms with Crippen molar-refractivity contribution < 1.29 is 32.2 Å². The third kappa shape index (κ3) is 5.40. The molecule has 1 aliphatic heterocycles. The molecule has 34 heavy (non-hydrogen) atoms. The fourth-order valence-electron chi connectivity index (χ4n) is 3.50. The third-order valence-corrected chi connectivity index (χ3v) is 6.90. The molecule has 0 saturated carbocycles. The van der Waals surface area contributed by atoms with E-state index in [0.29, 0.717) is 24.2 Å². The number of carbonyl (C=O) groups is 2. The number of carbonyl (C=O) groups excluding carboxylic acids is 2. The van der Waals surface area contributed by atoms with Gasteiger partial charge in [0.25, 0.3) is 15.9 Å². The maximum atomic E-state index is 13.6. The molecule has 1 heterocycles. The second-order valence-electron chi connectivity index (χ2n) is 7.24. The molecular formula is C24H26N2O7S. The minimum absolute atomic E-state index is 0.0606. The Kier molecular flexibility index (Phi) is 7.95. The number of para-hydroxylation sites is 1. The number of hydrogen-bond acceptors (Lipinski definition) is 7. The van der Waals surface area contributed by atoms with Crippen molar-refractivity contribution in [2.45, 2.75) is 11.3 Å². The number of ether oxygens (including phenoxy) is 3. The third-order valence-electron chi connectivity index (χ3n) is 5.08. The summed E-state index contributed by atoms with van der Waals surface area (Å²) in [4.78, 5) is 23.5. The van der Waals surface area contributed by atoms with Gasteiger partial charge in [-0.1, -0.05) is 24.3 Å². The number of nitrogens with zero attached hydrogens (tertiary/aromatic N) is 1. The van der Waals surface area contributed by atoms with E-state index in [9.17, 15) is 18.0 Å². The Hall–Kier alpha value is -3.79. The molecule has 9 nitrogen and oxygen atoms in total. The number of benzene rings is 2. The van der Waals surface area contributed by atoms with Gasteiger partial charge in [0.15, 0.2) is 18.1 Å². The van der Waals surface area contributed by atoms with Crippen molar-refractivity contribution in [2.24, 2.45) is 0 Å². The molecule has 0 spiro atoms. The molecule has 0 bridgehead atoms. The number of hydrogen-bond donors (Lipinski definition) is 1. The second-order valence-corrected chi connectivity index (χ2v) is 9.07. The first-order valence-corrected chi connectivity index (χ1v) is 11.8. The van der Waals surface area contributed by atoms with Crippen molar-refractivity contribution >= 4 is 33.7 Å². The number of methoxy groups -OCH3 is 2. The van der Waals surface area contributed by atoms with E-state index in [1.807, 2.05) is 12.1 Å². The van der Waals surface area contributed by atoms with E-state index in [2.05, 4.69) is 11.9 Å². The van der Waals surface area contributed by atoms with Crippen molar-refractivity contribution in [2.75, 3.05) is 38.2 Å². The molecule has 0 fully saturated rings. The molecule has 1 N–H and O–H groups in total. The second kappa shape index (κ2) is 10.9. The van der Waals surface area contributed by atoms with Gasteiger partial charge in [-0.25, -0.2) is 13.2 Å². The summed E-state index contributed by atoms with van der Waals surface area (Å²) in [6.07, 6.45) is 4.58. The molecule has 180 valence electrons. The summed E-state index contributed by atoms with van der Waals surface area (Å²) in [6, 6.07) is 10.2. The van der Waals surface area contributed by atoms with Gasteiger partial charge >= 0.3 is 5.97 Å². The predicted octanol–water partition coefficient (Wildman–Crippen LogP) is 2.31. The van der Waals surface area contributed by atoms with Gasteiger partial charge in [-0.3, -0.25) is 9.10 Å². The van der Waals surface area contributed by atoms with Crippen LogP contribution in [0.5, 0.6) is 11.5 Å². The predicted molar refractivity (Wildman–Crippen MR) is 127 cm³/mol. The summed E-state index contributed by atoms with van der Waals surface area (Å²) in [7, 11) is -1.25. The van der Waals surface area contributed by atoms with Gasteiger partial charge in [0.05, 0.1) is 19.9 Å². The lowest BCUT2D eigenvalue weighted by Crippen LogP contribution is -2.29. The molecule has 1 aliphatic rings. The minimum atomic E-state index is -4.00. The number of esters is 1. The quantitative estimate of drug-likeness (QED) is 0.312. The van der Waals surface area contributed by atoms with Gasteiger partial charge in [0, 0.05) is 19.2 Å². The lowest BCUT2D eigenvalue weighted by molar-refractivity contribution is -0.143. The Bertz CT molecular complexity index is 1220. The summed E-state index contributed by atoms with van der Waals surface area (Å²) in [5, 5.41) is 2.49. The molecule has 0 unspecified atom stereocenters. The van der Waals surface area contributed by atoms with Crippen LogP contribution in [0.4, 0.5) is 5.69 Å². The van der Waals surface area contributed by atoms with Crippen molar-refractivity contribution in [3.05, 3.63) is 66.3 Å². The van der Waals surface area contributed by atoms with Crippen LogP contribution >= 0.6 is 0 Å². The molecule has 0 atom stereocenters. The van der Waals surface area contributed by atoms with E-state index in [1.54, 1.807) is 12.1 Å². The Balaban J connectivity index is 1.89. The van der Waals surface area contributed by atoms with Gasteiger partial charge in [0.2, 0.25) is 0 Å². The van der Waals surface area contributed by atoms with Gasteiger partial charge in [-0.15, -0.1) is 6.58 Å². The van der Waals surface area contributed by atoms with Gasteiger partial charge in [-0.2, -0.15) is 0 Å². The first kappa shape index (κ1) is 24.8. The maximum absolute atomic E-state index is 13.6. The molecule has 1 amide bonds. The lowest BCUT2D eigenvalue weighted by Gasteiger charge is -2.22. The van der Waals surface area contributed by atoms with Crippen LogP contribution in [0.3, 0.4) is 0 Å². The Morgan fingerprint density at radius 3 is 2.65 bits per heavy atom. The number of anilines is 1. The molecule has 10 heteroatoms. The van der Waals surface area contributed by atoms with Gasteiger partial charge in [0.1, 0.15) is 4.90 Å². The monoisotopic (exact) mass is 486 g/mol. The smallest absolute Gasteiger partial charge is 0.331 e. The molecule has 3 rings (SSSR count). The highest BCUT2D eigenvalue weighted by molar-refractivity contribution is 7.93. The van der Waals surface area contributed by atoms with Crippen LogP contribution in [0.2, 0.25) is 0 Å². The van der Waals surface area contributed by atoms with Crippen LogP contribution in [0.15, 0.2) is 60.0 Å². The van der Waals surface area contributed by atoms with E-state index in [0.717, 1.165) is 11.6 Å². The highest BCUT2D eigenvalue weighted by Crippen LogP contribution is 2.40. The standard InChI is InChI=1S/C24H26N2O7S/c1-4-12-25-22(27)16-33-23(28)10-9-17-14-20(31-2)24(32-3)21(15-17)34(29,30)26-13-11-18-7-5-6-8-19(18)26/h4-10,14-15H,1,11-13,16H2,2-3H3,(H,25,27). The first-order chi connectivity index (χ1) is 16.3. The van der Waals surface area contributed by atoms with E-state index in [-0.39, 0.29) is 22.9 Å². The van der Waals surface area contributed by atoms with Crippen LogP contribution in [-0.2, 0) is 30.8 Å². The largest absolute Gasteiger partial charge is 0.493 e. The van der Waals surface area contributed by atoms with Gasteiger partial charge in [-0.05, 0) is 41.8 Å². The average molecular weight is 487 g/mol. The fraction of sp³-hybridized carbons (Fsp3) is 0.250. The molecule has 2 aromatic rings. The Labute approximate surface area is 198 Å². The summed E-state index contributed by atoms with van der Waals surface area (Å²) in [6.45, 7) is 3.59. The number of sulfonamides is 1. The maximum Gasteiger partial charge on any atom is 0.331 e. The number of rotatable bonds is 10. The van der Waals surface area contributed by atoms with Gasteiger partial charge < -0.3 is 19.5 Å². The molecule has 2 aromatic carbocycles. The van der Waals surface area contributed by atoms with Crippen LogP contribution < -0.4 is 19.1 Å². The van der Waals surface area contributed by atoms with E-state index >= 15 is 0 Å². The fourth-order valence-corrected chi connectivity index (χ4v) is 5.21. The first-order valence-electron chi connectivity index (χ1n) is 10.4. The zero-order valence-electron chi connectivity index (χ0n) is 18.9. The van der Waals surface area contributed by atoms with Crippen LogP contribution in [-0.4, -0.2) is 54.2 Å². The van der Waals surface area contributed by atoms with E-state index in [1.165, 1.54) is 42.8 Å². The Morgan fingerprint density at radius 2 is 1.94 bits per heavy atom. The summed E-state index contributed by atoms with van der Waals surface area (Å²) < 4.78 is 44.2. The topological polar surface area (TPSA) is 111 Å². The van der Waals surface area contributed by atoms with E-state index < -0.39 is 28.5 Å². The average Bonchev–Trinajstić information content (AvgIpc) is 3.29. The minimum Gasteiger partial charge on any atom is -0.493 e. The van der Waals surface area contributed by atoms with Crippen molar-refractivity contribution in [1.82, 2.24) is 5.32 Å². The Morgan fingerprint density at radius 1 is 1.18 bits per heavy atom. The zero-order chi connectivity index (χ0) is 24.7. The molecule has 0 aromatic heterocycles. The normalized spacial score (nSPS) is 12.8. The summed E-state index contributed by atoms with van der Waals surface area (Å²) in [5.41, 5.74) is 1.92. The molecular weight excluding hydrogens is 460 g/mol. The van der Waals surface area contributed by atoms with Crippen LogP contribution in [0.1, 0.15) is 11.1 Å². The van der Waals surface area contributed by atoms with Crippen molar-refractivity contribution in [1.29, 1.82) is 0 Å². The number of amides is 1. The lowest BCUT2D eigenvalue weighted by atomic mass is 10.2. The molecule has 0 radical (unpaired) electrons.